The molecular weight excluding hydrogens is 272 g/mol. The highest BCUT2D eigenvalue weighted by molar-refractivity contribution is 7.88. The maximum Gasteiger partial charge on any atom is 0.215 e. The molecule has 0 heterocycles. The summed E-state index contributed by atoms with van der Waals surface area (Å²) in [6.45, 7) is 0.531. The molecule has 0 saturated heterocycles. The van der Waals surface area contributed by atoms with Crippen LogP contribution in [0.1, 0.15) is 43.2 Å². The average molecular weight is 292 g/mol. The van der Waals surface area contributed by atoms with Crippen LogP contribution >= 0.6 is 0 Å². The lowest BCUT2D eigenvalue weighted by atomic mass is 10.1. The molecule has 0 amide bonds. The second kappa shape index (κ2) is 6.87. The largest absolute Gasteiger partial charge is 0.215 e. The molecule has 108 valence electrons. The first-order chi connectivity index (χ1) is 9.59. The van der Waals surface area contributed by atoms with Crippen molar-refractivity contribution < 1.29 is 8.42 Å². The summed E-state index contributed by atoms with van der Waals surface area (Å²) < 4.78 is 26.6. The summed E-state index contributed by atoms with van der Waals surface area (Å²) in [4.78, 5) is 0. The minimum Gasteiger partial charge on any atom is -0.215 e. The summed E-state index contributed by atoms with van der Waals surface area (Å²) in [5.74, 6) is 0.663. The summed E-state index contributed by atoms with van der Waals surface area (Å²) in [7, 11) is -3.28. The number of hydrogen-bond acceptors (Lipinski definition) is 3. The van der Waals surface area contributed by atoms with Crippen LogP contribution in [0.2, 0.25) is 0 Å². The summed E-state index contributed by atoms with van der Waals surface area (Å²) >= 11 is 0. The lowest BCUT2D eigenvalue weighted by Gasteiger charge is -2.10. The third kappa shape index (κ3) is 4.62. The predicted octanol–water partition coefficient (Wildman–Crippen LogP) is 2.56. The van der Waals surface area contributed by atoms with E-state index in [0.717, 1.165) is 6.42 Å². The zero-order valence-electron chi connectivity index (χ0n) is 11.5. The van der Waals surface area contributed by atoms with Crippen LogP contribution in [0, 0.1) is 17.2 Å². The van der Waals surface area contributed by atoms with Crippen molar-refractivity contribution in [3.63, 3.8) is 0 Å². The molecule has 0 unspecified atom stereocenters. The zero-order valence-corrected chi connectivity index (χ0v) is 12.3. The van der Waals surface area contributed by atoms with Crippen molar-refractivity contribution in [1.82, 2.24) is 4.72 Å². The normalized spacial score (nSPS) is 16.1. The number of nitrogens with zero attached hydrogens (tertiary/aromatic N) is 1. The van der Waals surface area contributed by atoms with Gasteiger partial charge in [-0.25, -0.2) is 13.1 Å². The molecule has 2 rings (SSSR count). The van der Waals surface area contributed by atoms with Crippen LogP contribution in [-0.4, -0.2) is 15.0 Å². The fourth-order valence-corrected chi connectivity index (χ4v) is 3.83. The maximum absolute atomic E-state index is 12.0. The number of nitrogens with one attached hydrogen (secondary N) is 1. The van der Waals surface area contributed by atoms with Crippen molar-refractivity contribution in [1.29, 1.82) is 5.26 Å². The molecule has 0 atom stereocenters. The molecule has 1 fully saturated rings. The molecule has 1 aromatic rings. The van der Waals surface area contributed by atoms with Crippen LogP contribution in [0.5, 0.6) is 0 Å². The number of rotatable bonds is 6. The van der Waals surface area contributed by atoms with Crippen LogP contribution < -0.4 is 4.72 Å². The molecule has 1 aliphatic rings. The molecule has 4 nitrogen and oxygen atoms in total. The first-order valence-corrected chi connectivity index (χ1v) is 8.71. The molecule has 0 aliphatic heterocycles. The van der Waals surface area contributed by atoms with Gasteiger partial charge in [0, 0.05) is 6.54 Å². The van der Waals surface area contributed by atoms with Gasteiger partial charge in [0.05, 0.1) is 17.4 Å². The minimum atomic E-state index is -3.28. The Morgan fingerprint density at radius 2 is 1.85 bits per heavy atom. The lowest BCUT2D eigenvalue weighted by molar-refractivity contribution is 0.495. The van der Waals surface area contributed by atoms with Crippen LogP contribution in [0.3, 0.4) is 0 Å². The smallest absolute Gasteiger partial charge is 0.215 e. The highest BCUT2D eigenvalue weighted by Crippen LogP contribution is 2.26. The van der Waals surface area contributed by atoms with Gasteiger partial charge in [-0.15, -0.1) is 0 Å². The molecule has 1 saturated carbocycles. The highest BCUT2D eigenvalue weighted by Gasteiger charge is 2.16. The minimum absolute atomic E-state index is 0.0244. The van der Waals surface area contributed by atoms with Gasteiger partial charge in [0.2, 0.25) is 10.0 Å². The van der Waals surface area contributed by atoms with Gasteiger partial charge in [-0.3, -0.25) is 0 Å². The summed E-state index contributed by atoms with van der Waals surface area (Å²) in [6, 6.07) is 8.68. The van der Waals surface area contributed by atoms with Gasteiger partial charge in [0.25, 0.3) is 0 Å². The molecule has 1 aliphatic carbocycles. The van der Waals surface area contributed by atoms with Crippen LogP contribution in [0.15, 0.2) is 24.3 Å². The SMILES string of the molecule is N#Cc1ccc(CS(=O)(=O)NCCC2CCCC2)cc1. The van der Waals surface area contributed by atoms with Gasteiger partial charge in [-0.05, 0) is 30.0 Å². The molecule has 20 heavy (non-hydrogen) atoms. The van der Waals surface area contributed by atoms with Crippen molar-refractivity contribution in [2.75, 3.05) is 6.54 Å². The standard InChI is InChI=1S/C15H20N2O2S/c16-11-14-5-7-15(8-6-14)12-20(18,19)17-10-9-13-3-1-2-4-13/h5-8,13,17H,1-4,9-10,12H2. The Hall–Kier alpha value is -1.38. The molecule has 0 aromatic heterocycles. The Kier molecular flexibility index (Phi) is 5.16. The van der Waals surface area contributed by atoms with Gasteiger partial charge in [-0.1, -0.05) is 37.8 Å². The number of hydrogen-bond donors (Lipinski definition) is 1. The number of sulfonamides is 1. The third-order valence-corrected chi connectivity index (χ3v) is 5.15. The van der Waals surface area contributed by atoms with E-state index in [2.05, 4.69) is 4.72 Å². The second-order valence-corrected chi connectivity index (χ2v) is 7.21. The number of benzene rings is 1. The van der Waals surface area contributed by atoms with Gasteiger partial charge < -0.3 is 0 Å². The summed E-state index contributed by atoms with van der Waals surface area (Å²) in [5.41, 5.74) is 1.25. The zero-order chi connectivity index (χ0) is 14.4. The van der Waals surface area contributed by atoms with E-state index in [9.17, 15) is 8.42 Å². The van der Waals surface area contributed by atoms with E-state index >= 15 is 0 Å². The Labute approximate surface area is 120 Å². The Balaban J connectivity index is 1.81. The van der Waals surface area contributed by atoms with E-state index in [1.165, 1.54) is 25.7 Å². The molecule has 5 heteroatoms. The van der Waals surface area contributed by atoms with E-state index in [1.54, 1.807) is 24.3 Å². The molecule has 0 radical (unpaired) electrons. The monoisotopic (exact) mass is 292 g/mol. The van der Waals surface area contributed by atoms with Crippen molar-refractivity contribution >= 4 is 10.0 Å². The number of nitriles is 1. The summed E-state index contributed by atoms with van der Waals surface area (Å²) in [6.07, 6.45) is 5.96. The molecule has 0 bridgehead atoms. The van der Waals surface area contributed by atoms with Crippen molar-refractivity contribution in [3.05, 3.63) is 35.4 Å². The Morgan fingerprint density at radius 3 is 2.45 bits per heavy atom. The Morgan fingerprint density at radius 1 is 1.20 bits per heavy atom. The van der Waals surface area contributed by atoms with E-state index in [4.69, 9.17) is 5.26 Å². The van der Waals surface area contributed by atoms with Crippen LogP contribution in [-0.2, 0) is 15.8 Å². The maximum atomic E-state index is 12.0. The Bertz CT molecular complexity index is 567. The van der Waals surface area contributed by atoms with Gasteiger partial charge in [0.15, 0.2) is 0 Å². The van der Waals surface area contributed by atoms with Gasteiger partial charge >= 0.3 is 0 Å². The quantitative estimate of drug-likeness (QED) is 0.876. The van der Waals surface area contributed by atoms with E-state index < -0.39 is 10.0 Å². The topological polar surface area (TPSA) is 70.0 Å². The fraction of sp³-hybridized carbons (Fsp3) is 0.533. The van der Waals surface area contributed by atoms with E-state index in [0.29, 0.717) is 23.6 Å². The molecule has 1 N–H and O–H groups in total. The molecule has 1 aromatic carbocycles. The highest BCUT2D eigenvalue weighted by atomic mass is 32.2. The molecular formula is C15H20N2O2S. The van der Waals surface area contributed by atoms with E-state index in [-0.39, 0.29) is 5.75 Å². The van der Waals surface area contributed by atoms with Crippen LogP contribution in [0.4, 0.5) is 0 Å². The average Bonchev–Trinajstić information content (AvgIpc) is 2.92. The second-order valence-electron chi connectivity index (χ2n) is 5.40. The fourth-order valence-electron chi connectivity index (χ4n) is 2.66. The first-order valence-electron chi connectivity index (χ1n) is 7.05. The summed E-state index contributed by atoms with van der Waals surface area (Å²) in [5, 5.41) is 8.70. The first kappa shape index (κ1) is 15.0. The van der Waals surface area contributed by atoms with Gasteiger partial charge in [-0.2, -0.15) is 5.26 Å². The van der Waals surface area contributed by atoms with Crippen molar-refractivity contribution in [2.45, 2.75) is 37.9 Å². The van der Waals surface area contributed by atoms with Crippen molar-refractivity contribution in [2.24, 2.45) is 5.92 Å². The molecule has 0 spiro atoms. The predicted molar refractivity (Wildman–Crippen MR) is 78.4 cm³/mol. The third-order valence-electron chi connectivity index (χ3n) is 3.79. The van der Waals surface area contributed by atoms with E-state index in [1.807, 2.05) is 6.07 Å². The lowest BCUT2D eigenvalue weighted by Crippen LogP contribution is -2.27. The van der Waals surface area contributed by atoms with Crippen molar-refractivity contribution in [3.8, 4) is 6.07 Å². The van der Waals surface area contributed by atoms with Crippen LogP contribution in [0.25, 0.3) is 0 Å². The van der Waals surface area contributed by atoms with Gasteiger partial charge in [0.1, 0.15) is 0 Å².